The summed E-state index contributed by atoms with van der Waals surface area (Å²) in [5.74, 6) is -0.276. The molecule has 2 fully saturated rings. The fraction of sp³-hybridized carbons (Fsp3) is 0.694. The number of carbonyl (C=O) groups excluding carboxylic acids is 1. The van der Waals surface area contributed by atoms with Crippen LogP contribution in [-0.4, -0.2) is 140 Å². The number of nitrogens with one attached hydrogen (secondary N) is 1. The molecule has 0 aliphatic carbocycles. The number of amides is 1. The Morgan fingerprint density at radius 2 is 1.08 bits per heavy atom. The Morgan fingerprint density at radius 1 is 0.587 bits per heavy atom. The first-order valence-electron chi connectivity index (χ1n) is 23.3. The highest BCUT2D eigenvalue weighted by atomic mass is 16.7. The van der Waals surface area contributed by atoms with Gasteiger partial charge in [-0.25, -0.2) is 0 Å². The van der Waals surface area contributed by atoms with E-state index in [1.54, 1.807) is 0 Å². The number of hydrogen-bond donors (Lipinski definition) is 9. The molecule has 2 heterocycles. The van der Waals surface area contributed by atoms with E-state index in [4.69, 9.17) is 18.9 Å². The van der Waals surface area contributed by atoms with Crippen LogP contribution in [0.25, 0.3) is 0 Å². The zero-order chi connectivity index (χ0) is 46.1. The van der Waals surface area contributed by atoms with Crippen LogP contribution in [0.15, 0.2) is 85.1 Å². The maximum Gasteiger partial charge on any atom is 0.220 e. The lowest BCUT2D eigenvalue weighted by atomic mass is 9.97. The van der Waals surface area contributed by atoms with E-state index in [0.29, 0.717) is 19.3 Å². The third-order valence-corrected chi connectivity index (χ3v) is 10.9. The first kappa shape index (κ1) is 56.3. The van der Waals surface area contributed by atoms with Crippen LogP contribution in [0.4, 0.5) is 0 Å². The average Bonchev–Trinajstić information content (AvgIpc) is 3.28. The Morgan fingerprint density at radius 3 is 1.62 bits per heavy atom. The lowest BCUT2D eigenvalue weighted by molar-refractivity contribution is -0.359. The van der Waals surface area contributed by atoms with Crippen molar-refractivity contribution in [2.75, 3.05) is 19.8 Å². The van der Waals surface area contributed by atoms with Gasteiger partial charge in [0.2, 0.25) is 5.91 Å². The molecule has 0 aromatic carbocycles. The van der Waals surface area contributed by atoms with Crippen LogP contribution in [0.5, 0.6) is 0 Å². The number of aliphatic hydroxyl groups excluding tert-OH is 8. The van der Waals surface area contributed by atoms with Gasteiger partial charge in [-0.05, 0) is 64.2 Å². The molecule has 12 unspecified atom stereocenters. The highest BCUT2D eigenvalue weighted by molar-refractivity contribution is 5.76. The zero-order valence-electron chi connectivity index (χ0n) is 37.8. The molecular weight excluding hydrogens is 811 g/mol. The van der Waals surface area contributed by atoms with E-state index < -0.39 is 86.8 Å². The molecule has 14 heteroatoms. The normalized spacial score (nSPS) is 28.3. The molecular formula is C49H81NO13. The van der Waals surface area contributed by atoms with Crippen molar-refractivity contribution in [1.29, 1.82) is 0 Å². The number of ether oxygens (including phenoxy) is 4. The van der Waals surface area contributed by atoms with Crippen LogP contribution in [0.2, 0.25) is 0 Å². The van der Waals surface area contributed by atoms with E-state index in [0.717, 1.165) is 83.5 Å². The molecule has 0 aromatic heterocycles. The van der Waals surface area contributed by atoms with E-state index >= 15 is 0 Å². The van der Waals surface area contributed by atoms with Crippen molar-refractivity contribution in [1.82, 2.24) is 5.32 Å². The third-order valence-electron chi connectivity index (χ3n) is 10.9. The number of rotatable bonds is 33. The standard InChI is InChI=1S/C49H81NO13/c1-3-5-7-9-11-12-13-14-15-16-17-18-19-20-21-22-23-24-25-26-27-29-31-33-41(54)50-37(38(53)32-30-28-10-8-6-4-2)36-60-48-46(59)44(57)47(40(35-52)62-48)63-49-45(58)43(56)42(55)39(34-51)61-49/h5,7,11-12,14-15,17-18,20-21,23-24,26-27,37-40,42-49,51-53,55-59H,3-4,6,8-10,13,16,19,22,25,28-36H2,1-2H3,(H,50,54)/b7-5-,12-11-,15-14-,18-17-,21-20-,24-23-,27-26-. The molecule has 0 saturated carbocycles. The molecule has 0 spiro atoms. The number of aliphatic hydroxyl groups is 8. The van der Waals surface area contributed by atoms with Crippen molar-refractivity contribution in [2.45, 2.75) is 197 Å². The van der Waals surface area contributed by atoms with Gasteiger partial charge in [-0.3, -0.25) is 4.79 Å². The summed E-state index contributed by atoms with van der Waals surface area (Å²) >= 11 is 0. The van der Waals surface area contributed by atoms with Crippen molar-refractivity contribution in [3.05, 3.63) is 85.1 Å². The van der Waals surface area contributed by atoms with E-state index in [1.165, 1.54) is 0 Å². The highest BCUT2D eigenvalue weighted by Gasteiger charge is 2.51. The quantitative estimate of drug-likeness (QED) is 0.0312. The molecule has 0 bridgehead atoms. The van der Waals surface area contributed by atoms with Crippen LogP contribution in [0, 0.1) is 0 Å². The van der Waals surface area contributed by atoms with E-state index in [1.807, 2.05) is 6.08 Å². The van der Waals surface area contributed by atoms with Gasteiger partial charge in [-0.2, -0.15) is 0 Å². The van der Waals surface area contributed by atoms with Crippen LogP contribution >= 0.6 is 0 Å². The summed E-state index contributed by atoms with van der Waals surface area (Å²) in [6.07, 6.45) is 27.8. The summed E-state index contributed by atoms with van der Waals surface area (Å²) < 4.78 is 22.6. The summed E-state index contributed by atoms with van der Waals surface area (Å²) in [6.45, 7) is 2.58. The van der Waals surface area contributed by atoms with E-state index in [2.05, 4.69) is 98.2 Å². The lowest BCUT2D eigenvalue weighted by Gasteiger charge is -2.46. The minimum Gasteiger partial charge on any atom is -0.394 e. The Kier molecular flexibility index (Phi) is 31.7. The minimum absolute atomic E-state index is 0.218. The van der Waals surface area contributed by atoms with E-state index in [-0.39, 0.29) is 18.9 Å². The summed E-state index contributed by atoms with van der Waals surface area (Å²) in [5, 5.41) is 86.3. The van der Waals surface area contributed by atoms with Gasteiger partial charge >= 0.3 is 0 Å². The fourth-order valence-corrected chi connectivity index (χ4v) is 7.05. The van der Waals surface area contributed by atoms with Gasteiger partial charge in [-0.15, -0.1) is 0 Å². The zero-order valence-corrected chi connectivity index (χ0v) is 37.8. The van der Waals surface area contributed by atoms with Crippen molar-refractivity contribution in [3.8, 4) is 0 Å². The predicted octanol–water partition coefficient (Wildman–Crippen LogP) is 5.04. The summed E-state index contributed by atoms with van der Waals surface area (Å²) in [4.78, 5) is 13.1. The second-order valence-corrected chi connectivity index (χ2v) is 16.2. The van der Waals surface area contributed by atoms with Crippen molar-refractivity contribution < 1.29 is 64.6 Å². The van der Waals surface area contributed by atoms with Crippen molar-refractivity contribution in [2.24, 2.45) is 0 Å². The number of allylic oxidation sites excluding steroid dienone is 14. The maximum absolute atomic E-state index is 13.1. The molecule has 0 radical (unpaired) electrons. The molecule has 63 heavy (non-hydrogen) atoms. The molecule has 9 N–H and O–H groups in total. The average molecular weight is 892 g/mol. The van der Waals surface area contributed by atoms with Gasteiger partial charge in [-0.1, -0.05) is 137 Å². The topological polar surface area (TPSA) is 228 Å². The minimum atomic E-state index is -1.79. The summed E-state index contributed by atoms with van der Waals surface area (Å²) in [6, 6.07) is -0.861. The van der Waals surface area contributed by atoms with Gasteiger partial charge in [0.05, 0.1) is 32.0 Å². The van der Waals surface area contributed by atoms with Crippen LogP contribution in [-0.2, 0) is 23.7 Å². The second kappa shape index (κ2) is 35.4. The number of unbranched alkanes of at least 4 members (excludes halogenated alkanes) is 6. The monoisotopic (exact) mass is 892 g/mol. The Hall–Kier alpha value is -2.83. The van der Waals surface area contributed by atoms with E-state index in [9.17, 15) is 45.6 Å². The lowest BCUT2D eigenvalue weighted by Crippen LogP contribution is -2.65. The third kappa shape index (κ3) is 23.3. The first-order chi connectivity index (χ1) is 30.6. The van der Waals surface area contributed by atoms with Gasteiger partial charge < -0.3 is 65.1 Å². The number of carbonyl (C=O) groups is 1. The smallest absolute Gasteiger partial charge is 0.220 e. The molecule has 1 amide bonds. The predicted molar refractivity (Wildman–Crippen MR) is 244 cm³/mol. The molecule has 14 nitrogen and oxygen atoms in total. The number of hydrogen-bond acceptors (Lipinski definition) is 13. The van der Waals surface area contributed by atoms with Gasteiger partial charge in [0.1, 0.15) is 48.8 Å². The van der Waals surface area contributed by atoms with Gasteiger partial charge in [0.25, 0.3) is 0 Å². The Balaban J connectivity index is 1.80. The highest BCUT2D eigenvalue weighted by Crippen LogP contribution is 2.30. The summed E-state index contributed by atoms with van der Waals surface area (Å²) in [7, 11) is 0. The van der Waals surface area contributed by atoms with Crippen LogP contribution in [0.3, 0.4) is 0 Å². The Bertz CT molecular complexity index is 1380. The Labute approximate surface area is 376 Å². The molecule has 12 atom stereocenters. The molecule has 2 rings (SSSR count). The molecule has 2 aliphatic heterocycles. The largest absolute Gasteiger partial charge is 0.394 e. The van der Waals surface area contributed by atoms with Crippen LogP contribution < -0.4 is 5.32 Å². The molecule has 360 valence electrons. The molecule has 0 aromatic rings. The summed E-state index contributed by atoms with van der Waals surface area (Å²) in [5.41, 5.74) is 0. The second-order valence-electron chi connectivity index (χ2n) is 16.2. The van der Waals surface area contributed by atoms with Crippen molar-refractivity contribution in [3.63, 3.8) is 0 Å². The van der Waals surface area contributed by atoms with Gasteiger partial charge in [0.15, 0.2) is 12.6 Å². The fourth-order valence-electron chi connectivity index (χ4n) is 7.05. The molecule has 2 aliphatic rings. The van der Waals surface area contributed by atoms with Crippen molar-refractivity contribution >= 4 is 5.91 Å². The first-order valence-corrected chi connectivity index (χ1v) is 23.3. The maximum atomic E-state index is 13.1. The van der Waals surface area contributed by atoms with Gasteiger partial charge in [0, 0.05) is 6.42 Å². The van der Waals surface area contributed by atoms with Crippen LogP contribution in [0.1, 0.15) is 123 Å². The SMILES string of the molecule is CC/C=C\C/C=C\C/C=C\C/C=C\C/C=C\C/C=C\C/C=C\CCCC(=O)NC(COC1OC(CO)C(OC2OC(CO)C(O)C(O)C2O)C(O)C1O)C(O)CCCCCCCC. The molecule has 2 saturated heterocycles.